The molecule has 1 aliphatic rings. The summed E-state index contributed by atoms with van der Waals surface area (Å²) in [5, 5.41) is 0.231. The third-order valence-corrected chi connectivity index (χ3v) is 4.79. The lowest BCUT2D eigenvalue weighted by atomic mass is 10.4. The first-order valence-electron chi connectivity index (χ1n) is 5.53. The van der Waals surface area contributed by atoms with Gasteiger partial charge in [0.15, 0.2) is 26.6 Å². The molecule has 0 amide bonds. The summed E-state index contributed by atoms with van der Waals surface area (Å²) in [6.07, 6.45) is 1.92. The molecule has 0 unspecified atom stereocenters. The largest absolute Gasteiger partial charge is 0.490 e. The van der Waals surface area contributed by atoms with Crippen molar-refractivity contribution in [3.05, 3.63) is 11.5 Å². The highest BCUT2D eigenvalue weighted by Gasteiger charge is 2.23. The molecule has 0 aromatic carbocycles. The quantitative estimate of drug-likeness (QED) is 0.749. The maximum Gasteiger partial charge on any atom is 0.199 e. The number of aromatic nitrogens is 2. The van der Waals surface area contributed by atoms with Crippen LogP contribution in [0, 0.1) is 0 Å². The first-order chi connectivity index (χ1) is 8.53. The zero-order valence-electron chi connectivity index (χ0n) is 9.97. The number of nitrogens with zero attached hydrogens (tertiary/aromatic N) is 3. The molecule has 8 heteroatoms. The minimum Gasteiger partial charge on any atom is -0.490 e. The summed E-state index contributed by atoms with van der Waals surface area (Å²) in [7, 11) is -1.46. The molecule has 2 rings (SSSR count). The van der Waals surface area contributed by atoms with E-state index in [-0.39, 0.29) is 16.7 Å². The number of sulfone groups is 1. The van der Waals surface area contributed by atoms with Gasteiger partial charge in [0, 0.05) is 13.1 Å². The van der Waals surface area contributed by atoms with Crippen LogP contribution < -0.4 is 9.64 Å². The molecule has 100 valence electrons. The third kappa shape index (κ3) is 2.84. The molecular formula is C10H14ClN3O3S. The van der Waals surface area contributed by atoms with Gasteiger partial charge in [-0.3, -0.25) is 0 Å². The van der Waals surface area contributed by atoms with Crippen LogP contribution in [0.15, 0.2) is 6.33 Å². The van der Waals surface area contributed by atoms with Gasteiger partial charge >= 0.3 is 0 Å². The average Bonchev–Trinajstić information content (AvgIpc) is 2.50. The Morgan fingerprint density at radius 1 is 1.33 bits per heavy atom. The number of ether oxygens (including phenoxy) is 1. The van der Waals surface area contributed by atoms with Crippen molar-refractivity contribution in [2.45, 2.75) is 6.42 Å². The summed E-state index contributed by atoms with van der Waals surface area (Å²) in [6, 6.07) is 0. The van der Waals surface area contributed by atoms with Crippen molar-refractivity contribution in [2.24, 2.45) is 0 Å². The van der Waals surface area contributed by atoms with Gasteiger partial charge in [0.25, 0.3) is 0 Å². The van der Waals surface area contributed by atoms with Crippen molar-refractivity contribution < 1.29 is 13.2 Å². The molecule has 18 heavy (non-hydrogen) atoms. The van der Waals surface area contributed by atoms with Crippen LogP contribution in [0.25, 0.3) is 0 Å². The van der Waals surface area contributed by atoms with Crippen LogP contribution in [0.4, 0.5) is 5.82 Å². The molecule has 1 fully saturated rings. The van der Waals surface area contributed by atoms with Crippen LogP contribution in [-0.4, -0.2) is 50.1 Å². The van der Waals surface area contributed by atoms with Crippen LogP contribution >= 0.6 is 11.6 Å². The molecule has 0 spiro atoms. The van der Waals surface area contributed by atoms with Gasteiger partial charge in [-0.2, -0.15) is 0 Å². The Labute approximate surface area is 111 Å². The van der Waals surface area contributed by atoms with Crippen LogP contribution in [0.5, 0.6) is 5.75 Å². The molecule has 6 nitrogen and oxygen atoms in total. The molecule has 0 N–H and O–H groups in total. The van der Waals surface area contributed by atoms with Gasteiger partial charge < -0.3 is 9.64 Å². The average molecular weight is 292 g/mol. The van der Waals surface area contributed by atoms with Gasteiger partial charge in [0.05, 0.1) is 18.6 Å². The first-order valence-corrected chi connectivity index (χ1v) is 7.73. The topological polar surface area (TPSA) is 72.4 Å². The van der Waals surface area contributed by atoms with E-state index in [0.717, 1.165) is 0 Å². The van der Waals surface area contributed by atoms with Gasteiger partial charge in [-0.15, -0.1) is 0 Å². The van der Waals surface area contributed by atoms with Gasteiger partial charge in [-0.25, -0.2) is 18.4 Å². The zero-order valence-corrected chi connectivity index (χ0v) is 11.5. The Balaban J connectivity index is 2.29. The second-order valence-corrected chi connectivity index (χ2v) is 6.68. The van der Waals surface area contributed by atoms with E-state index in [9.17, 15) is 8.42 Å². The molecular weight excluding hydrogens is 278 g/mol. The molecule has 0 bridgehead atoms. The van der Waals surface area contributed by atoms with Gasteiger partial charge in [0.2, 0.25) is 0 Å². The Morgan fingerprint density at radius 2 is 2.11 bits per heavy atom. The van der Waals surface area contributed by atoms with Crippen LogP contribution in [-0.2, 0) is 9.84 Å². The normalized spacial score (nSPS) is 19.3. The fraction of sp³-hybridized carbons (Fsp3) is 0.600. The van der Waals surface area contributed by atoms with E-state index in [1.807, 2.05) is 4.90 Å². The predicted octanol–water partition coefficient (Wildman–Crippen LogP) is 0.763. The summed E-state index contributed by atoms with van der Waals surface area (Å²) >= 11 is 5.92. The summed E-state index contributed by atoms with van der Waals surface area (Å²) in [5.41, 5.74) is 0. The van der Waals surface area contributed by atoms with Crippen molar-refractivity contribution in [3.63, 3.8) is 0 Å². The molecule has 0 saturated carbocycles. The number of anilines is 1. The second kappa shape index (κ2) is 5.27. The number of hydrogen-bond donors (Lipinski definition) is 0. The standard InChI is InChI=1S/C10H14ClN3O3S/c1-17-8-9(11)12-7-13-10(8)14-3-2-5-18(15,16)6-4-14/h7H,2-6H2,1H3. The minimum absolute atomic E-state index is 0.123. The fourth-order valence-electron chi connectivity index (χ4n) is 1.89. The van der Waals surface area contributed by atoms with Gasteiger partial charge in [0.1, 0.15) is 6.33 Å². The van der Waals surface area contributed by atoms with E-state index >= 15 is 0 Å². The van der Waals surface area contributed by atoms with E-state index in [1.165, 1.54) is 13.4 Å². The summed E-state index contributed by atoms with van der Waals surface area (Å²) in [4.78, 5) is 9.85. The Kier molecular flexibility index (Phi) is 3.91. The maximum absolute atomic E-state index is 11.6. The van der Waals surface area contributed by atoms with E-state index < -0.39 is 9.84 Å². The second-order valence-electron chi connectivity index (χ2n) is 4.01. The van der Waals surface area contributed by atoms with Crippen molar-refractivity contribution in [2.75, 3.05) is 36.6 Å². The summed E-state index contributed by atoms with van der Waals surface area (Å²) in [6.45, 7) is 1.01. The lowest BCUT2D eigenvalue weighted by Gasteiger charge is -2.22. The number of halogens is 1. The van der Waals surface area contributed by atoms with Gasteiger partial charge in [-0.1, -0.05) is 11.6 Å². The highest BCUT2D eigenvalue weighted by atomic mass is 35.5. The van der Waals surface area contributed by atoms with Crippen molar-refractivity contribution in [3.8, 4) is 5.75 Å². The van der Waals surface area contributed by atoms with Crippen molar-refractivity contribution >= 4 is 27.3 Å². The lowest BCUT2D eigenvalue weighted by Crippen LogP contribution is -2.28. The van der Waals surface area contributed by atoms with E-state index in [4.69, 9.17) is 16.3 Å². The number of rotatable bonds is 2. The fourth-order valence-corrected chi connectivity index (χ4v) is 3.37. The van der Waals surface area contributed by atoms with Crippen LogP contribution in [0.1, 0.15) is 6.42 Å². The highest BCUT2D eigenvalue weighted by Crippen LogP contribution is 2.31. The Hall–Kier alpha value is -1.08. The maximum atomic E-state index is 11.6. The SMILES string of the molecule is COc1c(Cl)ncnc1N1CCCS(=O)(=O)CC1. The monoisotopic (exact) mass is 291 g/mol. The van der Waals surface area contributed by atoms with E-state index in [0.29, 0.717) is 31.1 Å². The van der Waals surface area contributed by atoms with Gasteiger partial charge in [-0.05, 0) is 6.42 Å². The minimum atomic E-state index is -2.95. The predicted molar refractivity (Wildman–Crippen MR) is 69.1 cm³/mol. The molecule has 1 aromatic heterocycles. The van der Waals surface area contributed by atoms with Crippen LogP contribution in [0.2, 0.25) is 5.15 Å². The molecule has 1 saturated heterocycles. The lowest BCUT2D eigenvalue weighted by molar-refractivity contribution is 0.410. The Morgan fingerprint density at radius 3 is 2.83 bits per heavy atom. The molecule has 0 radical (unpaired) electrons. The summed E-state index contributed by atoms with van der Waals surface area (Å²) in [5.74, 6) is 1.27. The molecule has 2 heterocycles. The highest BCUT2D eigenvalue weighted by molar-refractivity contribution is 7.91. The molecule has 1 aliphatic heterocycles. The smallest absolute Gasteiger partial charge is 0.199 e. The van der Waals surface area contributed by atoms with Crippen LogP contribution in [0.3, 0.4) is 0 Å². The van der Waals surface area contributed by atoms with E-state index in [2.05, 4.69) is 9.97 Å². The molecule has 1 aromatic rings. The Bertz CT molecular complexity index is 535. The molecule has 0 atom stereocenters. The number of hydrogen-bond acceptors (Lipinski definition) is 6. The summed E-state index contributed by atoms with van der Waals surface area (Å²) < 4.78 is 28.3. The zero-order chi connectivity index (χ0) is 13.2. The third-order valence-electron chi connectivity index (χ3n) is 2.80. The first kappa shape index (κ1) is 13.4. The number of methoxy groups -OCH3 is 1. The van der Waals surface area contributed by atoms with Crippen molar-refractivity contribution in [1.29, 1.82) is 0 Å². The molecule has 0 aliphatic carbocycles. The van der Waals surface area contributed by atoms with Crippen molar-refractivity contribution in [1.82, 2.24) is 9.97 Å². The van der Waals surface area contributed by atoms with E-state index in [1.54, 1.807) is 0 Å².